The number of hydrogen-bond acceptors (Lipinski definition) is 5. The van der Waals surface area contributed by atoms with E-state index in [1.807, 2.05) is 48.5 Å². The Hall–Kier alpha value is -2.96. The minimum absolute atomic E-state index is 0.0629. The van der Waals surface area contributed by atoms with Crippen LogP contribution in [0.1, 0.15) is 17.3 Å². The van der Waals surface area contributed by atoms with Gasteiger partial charge in [-0.3, -0.25) is 9.69 Å². The summed E-state index contributed by atoms with van der Waals surface area (Å²) in [6.07, 6.45) is 1.75. The van der Waals surface area contributed by atoms with Gasteiger partial charge in [-0.2, -0.15) is 0 Å². The normalized spacial score (nSPS) is 15.7. The first kappa shape index (κ1) is 19.4. The summed E-state index contributed by atoms with van der Waals surface area (Å²) < 4.78 is 11.0. The van der Waals surface area contributed by atoms with Crippen molar-refractivity contribution in [3.63, 3.8) is 0 Å². The van der Waals surface area contributed by atoms with E-state index in [2.05, 4.69) is 27.3 Å². The van der Waals surface area contributed by atoms with Gasteiger partial charge in [0.05, 0.1) is 31.4 Å². The maximum Gasteiger partial charge on any atom is 0.226 e. The molecule has 1 saturated heterocycles. The number of hydrogen-bond donors (Lipinski definition) is 1. The number of oxazole rings is 1. The summed E-state index contributed by atoms with van der Waals surface area (Å²) in [6.45, 7) is 3.71. The average molecular weight is 391 g/mol. The Morgan fingerprint density at radius 1 is 1.03 bits per heavy atom. The third kappa shape index (κ3) is 5.10. The van der Waals surface area contributed by atoms with E-state index in [1.54, 1.807) is 6.26 Å². The van der Waals surface area contributed by atoms with Crippen LogP contribution < -0.4 is 5.32 Å². The highest BCUT2D eigenvalue weighted by molar-refractivity contribution is 5.78. The van der Waals surface area contributed by atoms with Gasteiger partial charge in [0.1, 0.15) is 6.26 Å². The number of rotatable bonds is 7. The molecule has 2 heterocycles. The van der Waals surface area contributed by atoms with Gasteiger partial charge in [0.2, 0.25) is 11.8 Å². The van der Waals surface area contributed by atoms with E-state index in [-0.39, 0.29) is 18.4 Å². The molecule has 1 aliphatic heterocycles. The minimum Gasteiger partial charge on any atom is -0.444 e. The number of carbonyl (C=O) groups is 1. The van der Waals surface area contributed by atoms with Gasteiger partial charge in [0, 0.05) is 25.2 Å². The van der Waals surface area contributed by atoms with Gasteiger partial charge in [-0.25, -0.2) is 4.98 Å². The SMILES string of the molecule is O=C(Cc1coc(-c2ccccc2)n1)NCC(c1ccccc1)N1CCOCC1. The molecule has 3 aromatic rings. The van der Waals surface area contributed by atoms with Crippen LogP contribution in [0.15, 0.2) is 71.3 Å². The van der Waals surface area contributed by atoms with E-state index in [4.69, 9.17) is 9.15 Å². The van der Waals surface area contributed by atoms with Gasteiger partial charge < -0.3 is 14.5 Å². The smallest absolute Gasteiger partial charge is 0.226 e. The molecule has 0 saturated carbocycles. The molecule has 1 fully saturated rings. The molecule has 0 spiro atoms. The molecule has 1 aromatic heterocycles. The van der Waals surface area contributed by atoms with Crippen LogP contribution in [-0.4, -0.2) is 48.6 Å². The molecule has 1 amide bonds. The molecule has 1 unspecified atom stereocenters. The van der Waals surface area contributed by atoms with Crippen molar-refractivity contribution in [3.05, 3.63) is 78.2 Å². The molecule has 6 heteroatoms. The molecular formula is C23H25N3O3. The Kier molecular flexibility index (Phi) is 6.34. The summed E-state index contributed by atoms with van der Waals surface area (Å²) in [5.41, 5.74) is 2.72. The Bertz CT molecular complexity index is 905. The zero-order chi connectivity index (χ0) is 19.9. The molecule has 4 rings (SSSR count). The molecule has 1 atom stereocenters. The summed E-state index contributed by atoms with van der Waals surface area (Å²) >= 11 is 0. The Balaban J connectivity index is 1.37. The first-order chi connectivity index (χ1) is 14.3. The highest BCUT2D eigenvalue weighted by Gasteiger charge is 2.23. The predicted molar refractivity (Wildman–Crippen MR) is 110 cm³/mol. The van der Waals surface area contributed by atoms with Gasteiger partial charge >= 0.3 is 0 Å². The lowest BCUT2D eigenvalue weighted by molar-refractivity contribution is -0.120. The maximum atomic E-state index is 12.5. The van der Waals surface area contributed by atoms with Crippen molar-refractivity contribution >= 4 is 5.91 Å². The summed E-state index contributed by atoms with van der Waals surface area (Å²) in [6, 6.07) is 20.1. The highest BCUT2D eigenvalue weighted by atomic mass is 16.5. The summed E-state index contributed by atoms with van der Waals surface area (Å²) in [7, 11) is 0. The molecule has 0 radical (unpaired) electrons. The Labute approximate surface area is 170 Å². The van der Waals surface area contributed by atoms with Gasteiger partial charge in [0.25, 0.3) is 0 Å². The van der Waals surface area contributed by atoms with Crippen LogP contribution in [0.4, 0.5) is 0 Å². The number of carbonyl (C=O) groups excluding carboxylic acids is 1. The summed E-state index contributed by atoms with van der Waals surface area (Å²) in [4.78, 5) is 19.3. The molecule has 0 aliphatic carbocycles. The van der Waals surface area contributed by atoms with Crippen LogP contribution in [0.5, 0.6) is 0 Å². The fraction of sp³-hybridized carbons (Fsp3) is 0.304. The fourth-order valence-electron chi connectivity index (χ4n) is 3.56. The van der Waals surface area contributed by atoms with E-state index in [0.29, 0.717) is 18.1 Å². The second-order valence-corrected chi connectivity index (χ2v) is 7.07. The van der Waals surface area contributed by atoms with E-state index in [9.17, 15) is 4.79 Å². The standard InChI is InChI=1S/C23H25N3O3/c27-22(15-20-17-29-23(25-20)19-9-5-2-6-10-19)24-16-21(18-7-3-1-4-8-18)26-11-13-28-14-12-26/h1-10,17,21H,11-16H2,(H,24,27). The number of nitrogens with one attached hydrogen (secondary N) is 1. The second-order valence-electron chi connectivity index (χ2n) is 7.07. The molecule has 6 nitrogen and oxygen atoms in total. The van der Waals surface area contributed by atoms with Crippen LogP contribution >= 0.6 is 0 Å². The van der Waals surface area contributed by atoms with Crippen molar-refractivity contribution in [3.8, 4) is 11.5 Å². The van der Waals surface area contributed by atoms with Crippen molar-refractivity contribution < 1.29 is 13.9 Å². The lowest BCUT2D eigenvalue weighted by atomic mass is 10.0. The number of nitrogens with zero attached hydrogens (tertiary/aromatic N) is 2. The predicted octanol–water partition coefficient (Wildman–Crippen LogP) is 3.07. The van der Waals surface area contributed by atoms with E-state index >= 15 is 0 Å². The summed E-state index contributed by atoms with van der Waals surface area (Å²) in [5, 5.41) is 3.07. The fourth-order valence-corrected chi connectivity index (χ4v) is 3.56. The van der Waals surface area contributed by atoms with Crippen LogP contribution in [0.3, 0.4) is 0 Å². The third-order valence-electron chi connectivity index (χ3n) is 5.08. The van der Waals surface area contributed by atoms with E-state index in [1.165, 1.54) is 5.56 Å². The van der Waals surface area contributed by atoms with Crippen LogP contribution in [-0.2, 0) is 16.0 Å². The number of morpholine rings is 1. The van der Waals surface area contributed by atoms with Gasteiger partial charge in [-0.05, 0) is 17.7 Å². The third-order valence-corrected chi connectivity index (χ3v) is 5.08. The molecule has 0 bridgehead atoms. The van der Waals surface area contributed by atoms with Crippen molar-refractivity contribution in [2.24, 2.45) is 0 Å². The number of benzene rings is 2. The Morgan fingerprint density at radius 3 is 2.45 bits per heavy atom. The number of ether oxygens (including phenoxy) is 1. The average Bonchev–Trinajstić information content (AvgIpc) is 3.24. The topological polar surface area (TPSA) is 67.6 Å². The minimum atomic E-state index is -0.0629. The van der Waals surface area contributed by atoms with Gasteiger partial charge in [0.15, 0.2) is 0 Å². The molecule has 1 N–H and O–H groups in total. The van der Waals surface area contributed by atoms with Crippen LogP contribution in [0.2, 0.25) is 0 Å². The largest absolute Gasteiger partial charge is 0.444 e. The lowest BCUT2D eigenvalue weighted by Gasteiger charge is -2.34. The van der Waals surface area contributed by atoms with E-state index in [0.717, 1.165) is 31.9 Å². The molecule has 29 heavy (non-hydrogen) atoms. The van der Waals surface area contributed by atoms with Crippen LogP contribution in [0.25, 0.3) is 11.5 Å². The summed E-state index contributed by atoms with van der Waals surface area (Å²) in [5.74, 6) is 0.469. The second kappa shape index (κ2) is 9.49. The van der Waals surface area contributed by atoms with Crippen molar-refractivity contribution in [2.75, 3.05) is 32.8 Å². The van der Waals surface area contributed by atoms with E-state index < -0.39 is 0 Å². The molecule has 2 aromatic carbocycles. The Morgan fingerprint density at radius 2 is 1.72 bits per heavy atom. The maximum absolute atomic E-state index is 12.5. The first-order valence-electron chi connectivity index (χ1n) is 9.93. The molecule has 1 aliphatic rings. The molecule has 150 valence electrons. The highest BCUT2D eigenvalue weighted by Crippen LogP contribution is 2.21. The first-order valence-corrected chi connectivity index (χ1v) is 9.93. The monoisotopic (exact) mass is 391 g/mol. The molecular weight excluding hydrogens is 366 g/mol. The van der Waals surface area contributed by atoms with Crippen molar-refractivity contribution in [2.45, 2.75) is 12.5 Å². The number of aromatic nitrogens is 1. The lowest BCUT2D eigenvalue weighted by Crippen LogP contribution is -2.44. The quantitative estimate of drug-likeness (QED) is 0.670. The van der Waals surface area contributed by atoms with Gasteiger partial charge in [-0.15, -0.1) is 0 Å². The van der Waals surface area contributed by atoms with Crippen molar-refractivity contribution in [1.29, 1.82) is 0 Å². The van der Waals surface area contributed by atoms with Crippen molar-refractivity contribution in [1.82, 2.24) is 15.2 Å². The van der Waals surface area contributed by atoms with Crippen LogP contribution in [0, 0.1) is 0 Å². The zero-order valence-electron chi connectivity index (χ0n) is 16.3. The zero-order valence-corrected chi connectivity index (χ0v) is 16.3. The number of amides is 1. The van der Waals surface area contributed by atoms with Gasteiger partial charge in [-0.1, -0.05) is 48.5 Å².